The molecule has 0 spiro atoms. The smallest absolute Gasteiger partial charge is 0.344 e. The zero-order chi connectivity index (χ0) is 22.1. The van der Waals surface area contributed by atoms with E-state index in [9.17, 15) is 9.59 Å². The minimum absolute atomic E-state index is 0.0141. The van der Waals surface area contributed by atoms with Crippen LogP contribution in [0.2, 0.25) is 0 Å². The van der Waals surface area contributed by atoms with Gasteiger partial charge in [-0.3, -0.25) is 4.79 Å². The number of carbonyl (C=O) groups is 2. The van der Waals surface area contributed by atoms with Crippen LogP contribution in [0.4, 0.5) is 0 Å². The van der Waals surface area contributed by atoms with Gasteiger partial charge in [0.1, 0.15) is 5.75 Å². The molecule has 1 aliphatic heterocycles. The maximum atomic E-state index is 13.3. The zero-order valence-electron chi connectivity index (χ0n) is 18.5. The Balaban J connectivity index is 1.71. The van der Waals surface area contributed by atoms with Gasteiger partial charge in [0.25, 0.3) is 0 Å². The predicted octanol–water partition coefficient (Wildman–Crippen LogP) is 3.47. The van der Waals surface area contributed by atoms with Gasteiger partial charge in [-0.15, -0.1) is 0 Å². The van der Waals surface area contributed by atoms with E-state index >= 15 is 0 Å². The molecule has 31 heavy (non-hydrogen) atoms. The highest BCUT2D eigenvalue weighted by molar-refractivity contribution is 5.80. The van der Waals surface area contributed by atoms with E-state index in [0.29, 0.717) is 12.4 Å². The van der Waals surface area contributed by atoms with Gasteiger partial charge in [-0.2, -0.15) is 0 Å². The van der Waals surface area contributed by atoms with Crippen molar-refractivity contribution in [1.82, 2.24) is 9.80 Å². The fourth-order valence-corrected chi connectivity index (χ4v) is 3.93. The number of amides is 1. The molecule has 0 aromatic heterocycles. The van der Waals surface area contributed by atoms with E-state index in [4.69, 9.17) is 9.47 Å². The van der Waals surface area contributed by atoms with E-state index in [2.05, 4.69) is 17.0 Å². The highest BCUT2D eigenvalue weighted by Crippen LogP contribution is 2.25. The Morgan fingerprint density at radius 3 is 2.42 bits per heavy atom. The molecule has 0 bridgehead atoms. The van der Waals surface area contributed by atoms with Gasteiger partial charge < -0.3 is 19.3 Å². The Kier molecular flexibility index (Phi) is 8.47. The largest absolute Gasteiger partial charge is 0.482 e. The van der Waals surface area contributed by atoms with Crippen LogP contribution in [-0.4, -0.2) is 61.6 Å². The number of likely N-dealkylation sites (tertiary alicyclic amines) is 1. The van der Waals surface area contributed by atoms with Crippen LogP contribution in [0.3, 0.4) is 0 Å². The summed E-state index contributed by atoms with van der Waals surface area (Å²) in [4.78, 5) is 29.2. The number of rotatable bonds is 10. The van der Waals surface area contributed by atoms with Gasteiger partial charge in [0.2, 0.25) is 5.91 Å². The van der Waals surface area contributed by atoms with Crippen molar-refractivity contribution in [1.29, 1.82) is 0 Å². The van der Waals surface area contributed by atoms with E-state index in [1.165, 1.54) is 12.8 Å². The van der Waals surface area contributed by atoms with Crippen LogP contribution in [0.1, 0.15) is 36.9 Å². The molecule has 3 rings (SSSR count). The van der Waals surface area contributed by atoms with Crippen molar-refractivity contribution in [2.45, 2.75) is 32.2 Å². The van der Waals surface area contributed by atoms with E-state index in [0.717, 1.165) is 30.8 Å². The SMILES string of the molecule is CCOC(=O)COc1ccccc1CC(=O)N(C)C(CN1CCCC1)c1ccccc1. The monoisotopic (exact) mass is 424 g/mol. The molecule has 1 unspecified atom stereocenters. The number of ether oxygens (including phenoxy) is 2. The van der Waals surface area contributed by atoms with Gasteiger partial charge in [-0.25, -0.2) is 4.79 Å². The highest BCUT2D eigenvalue weighted by atomic mass is 16.6. The highest BCUT2D eigenvalue weighted by Gasteiger charge is 2.26. The molecule has 6 nitrogen and oxygen atoms in total. The predicted molar refractivity (Wildman–Crippen MR) is 120 cm³/mol. The maximum Gasteiger partial charge on any atom is 0.344 e. The second kappa shape index (κ2) is 11.5. The minimum atomic E-state index is -0.421. The van der Waals surface area contributed by atoms with Crippen LogP contribution in [0.25, 0.3) is 0 Å². The van der Waals surface area contributed by atoms with Gasteiger partial charge in [-0.1, -0.05) is 48.5 Å². The minimum Gasteiger partial charge on any atom is -0.482 e. The third-order valence-electron chi connectivity index (χ3n) is 5.64. The number of nitrogens with zero attached hydrogens (tertiary/aromatic N) is 2. The van der Waals surface area contributed by atoms with Crippen molar-refractivity contribution in [3.05, 3.63) is 65.7 Å². The molecule has 1 heterocycles. The summed E-state index contributed by atoms with van der Waals surface area (Å²) in [5, 5.41) is 0. The van der Waals surface area contributed by atoms with E-state index in [1.54, 1.807) is 13.0 Å². The molecular weight excluding hydrogens is 392 g/mol. The van der Waals surface area contributed by atoms with Crippen molar-refractivity contribution in [2.24, 2.45) is 0 Å². The molecule has 166 valence electrons. The Hall–Kier alpha value is -2.86. The van der Waals surface area contributed by atoms with Crippen LogP contribution in [0, 0.1) is 0 Å². The second-order valence-corrected chi connectivity index (χ2v) is 7.82. The first kappa shape index (κ1) is 22.8. The van der Waals surface area contributed by atoms with Crippen molar-refractivity contribution in [3.63, 3.8) is 0 Å². The summed E-state index contributed by atoms with van der Waals surface area (Å²) in [7, 11) is 1.87. The van der Waals surface area contributed by atoms with Crippen LogP contribution in [0.5, 0.6) is 5.75 Å². The Morgan fingerprint density at radius 1 is 1.03 bits per heavy atom. The molecule has 0 saturated carbocycles. The van der Waals surface area contributed by atoms with Crippen molar-refractivity contribution in [2.75, 3.05) is 39.9 Å². The van der Waals surface area contributed by atoms with Crippen LogP contribution >= 0.6 is 0 Å². The number of carbonyl (C=O) groups excluding carboxylic acids is 2. The number of likely N-dealkylation sites (N-methyl/N-ethyl adjacent to an activating group) is 1. The summed E-state index contributed by atoms with van der Waals surface area (Å²) >= 11 is 0. The average Bonchev–Trinajstić information content (AvgIpc) is 3.30. The lowest BCUT2D eigenvalue weighted by Crippen LogP contribution is -2.39. The third-order valence-corrected chi connectivity index (χ3v) is 5.64. The first-order valence-electron chi connectivity index (χ1n) is 11.0. The molecule has 0 radical (unpaired) electrons. The normalized spacial score (nSPS) is 14.8. The zero-order valence-corrected chi connectivity index (χ0v) is 18.5. The fourth-order valence-electron chi connectivity index (χ4n) is 3.93. The molecule has 1 fully saturated rings. The van der Waals surface area contributed by atoms with E-state index in [-0.39, 0.29) is 25.0 Å². The van der Waals surface area contributed by atoms with Gasteiger partial charge in [-0.05, 0) is 44.5 Å². The first-order valence-corrected chi connectivity index (χ1v) is 11.0. The molecule has 0 aliphatic carbocycles. The number of benzene rings is 2. The van der Waals surface area contributed by atoms with E-state index in [1.807, 2.05) is 48.3 Å². The van der Waals surface area contributed by atoms with Gasteiger partial charge >= 0.3 is 5.97 Å². The lowest BCUT2D eigenvalue weighted by molar-refractivity contribution is -0.145. The third kappa shape index (κ3) is 6.56. The quantitative estimate of drug-likeness (QED) is 0.547. The van der Waals surface area contributed by atoms with Crippen molar-refractivity contribution < 1.29 is 19.1 Å². The van der Waals surface area contributed by atoms with Crippen molar-refractivity contribution >= 4 is 11.9 Å². The number of esters is 1. The van der Waals surface area contributed by atoms with Gasteiger partial charge in [0.05, 0.1) is 19.1 Å². The van der Waals surface area contributed by atoms with Gasteiger partial charge in [0.15, 0.2) is 6.61 Å². The molecule has 1 atom stereocenters. The summed E-state index contributed by atoms with van der Waals surface area (Å²) in [5.41, 5.74) is 1.90. The molecule has 0 N–H and O–H groups in total. The summed E-state index contributed by atoms with van der Waals surface area (Å²) < 4.78 is 10.6. The second-order valence-electron chi connectivity index (χ2n) is 7.82. The first-order chi connectivity index (χ1) is 15.1. The van der Waals surface area contributed by atoms with Crippen LogP contribution < -0.4 is 4.74 Å². The van der Waals surface area contributed by atoms with E-state index < -0.39 is 5.97 Å². The summed E-state index contributed by atoms with van der Waals surface area (Å²) in [6.07, 6.45) is 2.63. The Morgan fingerprint density at radius 2 is 1.71 bits per heavy atom. The number of para-hydroxylation sites is 1. The lowest BCUT2D eigenvalue weighted by atomic mass is 10.0. The molecular formula is C25H32N2O4. The summed E-state index contributed by atoms with van der Waals surface area (Å²) in [6, 6.07) is 17.5. The molecule has 6 heteroatoms. The molecule has 1 amide bonds. The van der Waals surface area contributed by atoms with Crippen molar-refractivity contribution in [3.8, 4) is 5.75 Å². The summed E-state index contributed by atoms with van der Waals surface area (Å²) in [6.45, 7) is 4.88. The standard InChI is InChI=1S/C25H32N2O4/c1-3-30-25(29)19-31-23-14-8-7-13-21(23)17-24(28)26(2)22(18-27-15-9-10-16-27)20-11-5-4-6-12-20/h4-8,11-14,22H,3,9-10,15-19H2,1-2H3. The Labute approximate surface area is 184 Å². The molecule has 2 aromatic carbocycles. The fraction of sp³-hybridized carbons (Fsp3) is 0.440. The average molecular weight is 425 g/mol. The topological polar surface area (TPSA) is 59.1 Å². The number of hydrogen-bond donors (Lipinski definition) is 0. The van der Waals surface area contributed by atoms with Crippen LogP contribution in [-0.2, 0) is 20.7 Å². The summed E-state index contributed by atoms with van der Waals surface area (Å²) in [5.74, 6) is 0.129. The maximum absolute atomic E-state index is 13.3. The molecule has 1 aliphatic rings. The molecule has 1 saturated heterocycles. The van der Waals surface area contributed by atoms with Gasteiger partial charge in [0, 0.05) is 19.2 Å². The Bertz CT molecular complexity index is 850. The number of hydrogen-bond acceptors (Lipinski definition) is 5. The lowest BCUT2D eigenvalue weighted by Gasteiger charge is -2.32. The molecule has 2 aromatic rings. The van der Waals surface area contributed by atoms with Crippen LogP contribution in [0.15, 0.2) is 54.6 Å².